The molecule has 1 fully saturated rings. The number of piperidine rings is 1. The Bertz CT molecular complexity index is 1400. The van der Waals surface area contributed by atoms with Crippen molar-refractivity contribution in [2.75, 3.05) is 20.2 Å². The molecule has 2 heterocycles. The summed E-state index contributed by atoms with van der Waals surface area (Å²) in [6, 6.07) is 10.3. The minimum atomic E-state index is -3.89. The van der Waals surface area contributed by atoms with Crippen LogP contribution in [0.25, 0.3) is 11.0 Å². The lowest BCUT2D eigenvalue weighted by molar-refractivity contribution is 0.0734. The van der Waals surface area contributed by atoms with Crippen molar-refractivity contribution < 1.29 is 27.1 Å². The van der Waals surface area contributed by atoms with Gasteiger partial charge >= 0.3 is 11.6 Å². The topological polar surface area (TPSA) is 103 Å². The number of hydrogen-bond donors (Lipinski definition) is 0. The number of carbonyl (C=O) groups is 1. The smallest absolute Gasteiger partial charge is 0.343 e. The van der Waals surface area contributed by atoms with E-state index in [1.165, 1.54) is 41.7 Å². The molecule has 0 unspecified atom stereocenters. The van der Waals surface area contributed by atoms with Crippen molar-refractivity contribution in [1.29, 1.82) is 0 Å². The first-order valence-electron chi connectivity index (χ1n) is 11.0. The molecule has 1 aliphatic rings. The van der Waals surface area contributed by atoms with Gasteiger partial charge in [-0.1, -0.05) is 13.8 Å². The van der Waals surface area contributed by atoms with E-state index in [0.717, 1.165) is 17.4 Å². The van der Waals surface area contributed by atoms with Crippen LogP contribution in [-0.4, -0.2) is 38.9 Å². The Morgan fingerprint density at radius 2 is 1.76 bits per heavy atom. The lowest BCUT2D eigenvalue weighted by Gasteiger charge is -2.34. The van der Waals surface area contributed by atoms with Crippen LogP contribution in [-0.2, 0) is 10.0 Å². The quantitative estimate of drug-likeness (QED) is 0.306. The Balaban J connectivity index is 1.65. The number of sulfonamides is 1. The third-order valence-corrected chi connectivity index (χ3v) is 7.84. The van der Waals surface area contributed by atoms with Crippen LogP contribution in [0.1, 0.15) is 36.2 Å². The fourth-order valence-corrected chi connectivity index (χ4v) is 6.34. The molecule has 0 spiro atoms. The van der Waals surface area contributed by atoms with E-state index in [9.17, 15) is 18.0 Å². The second-order valence-electron chi connectivity index (χ2n) is 8.93. The van der Waals surface area contributed by atoms with E-state index in [1.807, 2.05) is 13.8 Å². The van der Waals surface area contributed by atoms with E-state index in [-0.39, 0.29) is 33.8 Å². The highest BCUT2D eigenvalue weighted by Gasteiger charge is 2.34. The van der Waals surface area contributed by atoms with Crippen molar-refractivity contribution in [2.24, 2.45) is 11.8 Å². The predicted molar refractivity (Wildman–Crippen MR) is 127 cm³/mol. The molecular weight excluding hydrogens is 458 g/mol. The lowest BCUT2D eigenvalue weighted by Crippen LogP contribution is -2.42. The van der Waals surface area contributed by atoms with Crippen LogP contribution in [0.15, 0.2) is 56.6 Å². The Labute approximate surface area is 198 Å². The van der Waals surface area contributed by atoms with Gasteiger partial charge in [0.1, 0.15) is 22.0 Å². The van der Waals surface area contributed by atoms with Crippen LogP contribution in [0.3, 0.4) is 0 Å². The van der Waals surface area contributed by atoms with Crippen LogP contribution in [0.5, 0.6) is 11.5 Å². The van der Waals surface area contributed by atoms with Gasteiger partial charge in [-0.2, -0.15) is 4.31 Å². The monoisotopic (exact) mass is 485 g/mol. The minimum Gasteiger partial charge on any atom is -0.495 e. The molecule has 3 aromatic rings. The number of ether oxygens (including phenoxy) is 2. The summed E-state index contributed by atoms with van der Waals surface area (Å²) in [5, 5.41) is 0.724. The summed E-state index contributed by atoms with van der Waals surface area (Å²) in [6.07, 6.45) is 0.959. The maximum Gasteiger partial charge on any atom is 0.343 e. The maximum absolute atomic E-state index is 13.5. The van der Waals surface area contributed by atoms with E-state index in [0.29, 0.717) is 18.7 Å². The number of esters is 1. The highest BCUT2D eigenvalue weighted by molar-refractivity contribution is 7.89. The maximum atomic E-state index is 13.5. The van der Waals surface area contributed by atoms with Gasteiger partial charge < -0.3 is 13.9 Å². The number of carbonyl (C=O) groups excluding carboxylic acids is 1. The number of fused-ring (bicyclic) bond motifs is 1. The zero-order chi connectivity index (χ0) is 24.6. The highest BCUT2D eigenvalue weighted by Crippen LogP contribution is 2.32. The third kappa shape index (κ3) is 4.71. The van der Waals surface area contributed by atoms with Crippen molar-refractivity contribution in [2.45, 2.75) is 32.1 Å². The number of hydrogen-bond acceptors (Lipinski definition) is 7. The molecule has 0 saturated carbocycles. The Morgan fingerprint density at radius 3 is 2.44 bits per heavy atom. The van der Waals surface area contributed by atoms with Crippen molar-refractivity contribution >= 4 is 27.0 Å². The summed E-state index contributed by atoms with van der Waals surface area (Å²) >= 11 is 0. The van der Waals surface area contributed by atoms with Gasteiger partial charge in [-0.3, -0.25) is 0 Å². The van der Waals surface area contributed by atoms with Crippen LogP contribution in [0.2, 0.25) is 0 Å². The van der Waals surface area contributed by atoms with Gasteiger partial charge in [0, 0.05) is 30.6 Å². The number of rotatable bonds is 5. The van der Waals surface area contributed by atoms with E-state index < -0.39 is 21.6 Å². The van der Waals surface area contributed by atoms with Crippen LogP contribution in [0.4, 0.5) is 0 Å². The largest absolute Gasteiger partial charge is 0.495 e. The normalized spacial score (nSPS) is 19.2. The van der Waals surface area contributed by atoms with E-state index >= 15 is 0 Å². The summed E-state index contributed by atoms with van der Waals surface area (Å²) in [5.74, 6) is 0.0490. The molecule has 1 aromatic heterocycles. The molecule has 1 aliphatic heterocycles. The summed E-state index contributed by atoms with van der Waals surface area (Å²) in [7, 11) is -2.50. The first-order valence-corrected chi connectivity index (χ1v) is 12.5. The third-order valence-electron chi connectivity index (χ3n) is 5.99. The summed E-state index contributed by atoms with van der Waals surface area (Å²) in [4.78, 5) is 24.5. The Morgan fingerprint density at radius 1 is 1.06 bits per heavy atom. The first-order chi connectivity index (χ1) is 16.1. The van der Waals surface area contributed by atoms with Crippen molar-refractivity contribution in [3.05, 3.63) is 64.0 Å². The van der Waals surface area contributed by atoms with Gasteiger partial charge in [0.25, 0.3) is 0 Å². The van der Waals surface area contributed by atoms with E-state index in [1.54, 1.807) is 19.1 Å². The molecule has 1 saturated heterocycles. The highest BCUT2D eigenvalue weighted by atomic mass is 32.2. The molecule has 4 rings (SSSR count). The molecule has 0 aliphatic carbocycles. The Kier molecular flexibility index (Phi) is 6.51. The minimum absolute atomic E-state index is 0.0586. The van der Waals surface area contributed by atoms with Gasteiger partial charge in [0.05, 0.1) is 12.7 Å². The summed E-state index contributed by atoms with van der Waals surface area (Å²) in [6.45, 7) is 6.65. The SMILES string of the molecule is COc1ccc(C(=O)Oc2ccc3c(C)cc(=O)oc3c2)cc1S(=O)(=O)N1C[C@@H](C)C[C@H](C)C1. The molecule has 0 radical (unpaired) electrons. The number of nitrogens with zero attached hydrogens (tertiary/aromatic N) is 1. The van der Waals surface area contributed by atoms with E-state index in [4.69, 9.17) is 13.9 Å². The van der Waals surface area contributed by atoms with Gasteiger partial charge in [0.2, 0.25) is 10.0 Å². The fourth-order valence-electron chi connectivity index (χ4n) is 4.48. The fraction of sp³-hybridized carbons (Fsp3) is 0.360. The standard InChI is InChI=1S/C25H27NO7S/c1-15-9-16(2)14-26(13-15)34(29,30)23-11-18(5-8-21(23)31-4)25(28)32-19-6-7-20-17(3)10-24(27)33-22(20)12-19/h5-8,10-12,15-16H,9,13-14H2,1-4H3/t15-,16-/m0/s1. The average molecular weight is 486 g/mol. The average Bonchev–Trinajstić information content (AvgIpc) is 2.77. The molecule has 2 atom stereocenters. The van der Waals surface area contributed by atoms with Gasteiger partial charge in [-0.05, 0) is 61.1 Å². The molecule has 8 nitrogen and oxygen atoms in total. The summed E-state index contributed by atoms with van der Waals surface area (Å²) in [5.41, 5.74) is 0.597. The van der Waals surface area contributed by atoms with Gasteiger partial charge in [-0.25, -0.2) is 18.0 Å². The number of aryl methyl sites for hydroxylation is 1. The van der Waals surface area contributed by atoms with Crippen LogP contribution in [0, 0.1) is 18.8 Å². The molecule has 180 valence electrons. The summed E-state index contributed by atoms with van der Waals surface area (Å²) < 4.78 is 44.3. The zero-order valence-corrected chi connectivity index (χ0v) is 20.3. The second-order valence-corrected chi connectivity index (χ2v) is 10.8. The van der Waals surface area contributed by atoms with Gasteiger partial charge in [-0.15, -0.1) is 0 Å². The van der Waals surface area contributed by atoms with Crippen LogP contribution >= 0.6 is 0 Å². The lowest BCUT2D eigenvalue weighted by atomic mass is 9.94. The molecule has 0 N–H and O–H groups in total. The predicted octanol–water partition coefficient (Wildman–Crippen LogP) is 4.00. The van der Waals surface area contributed by atoms with Crippen LogP contribution < -0.4 is 15.1 Å². The van der Waals surface area contributed by atoms with Gasteiger partial charge in [0.15, 0.2) is 0 Å². The second kappa shape index (κ2) is 9.23. The zero-order valence-electron chi connectivity index (χ0n) is 19.5. The molecule has 2 aromatic carbocycles. The van der Waals surface area contributed by atoms with Crippen molar-refractivity contribution in [1.82, 2.24) is 4.31 Å². The van der Waals surface area contributed by atoms with Crippen molar-refractivity contribution in [3.8, 4) is 11.5 Å². The molecule has 9 heteroatoms. The number of benzene rings is 2. The van der Waals surface area contributed by atoms with E-state index in [2.05, 4.69) is 0 Å². The molecule has 0 amide bonds. The molecule has 0 bridgehead atoms. The molecule has 34 heavy (non-hydrogen) atoms. The van der Waals surface area contributed by atoms with Crippen molar-refractivity contribution in [3.63, 3.8) is 0 Å². The number of methoxy groups -OCH3 is 1. The first kappa shape index (κ1) is 24.0. The Hall–Kier alpha value is -3.17. The molecular formula is C25H27NO7S.